The summed E-state index contributed by atoms with van der Waals surface area (Å²) in [6, 6.07) is 5.13. The molecule has 23 heavy (non-hydrogen) atoms. The van der Waals surface area contributed by atoms with E-state index >= 15 is 0 Å². The van der Waals surface area contributed by atoms with Crippen molar-refractivity contribution >= 4 is 17.8 Å². The summed E-state index contributed by atoms with van der Waals surface area (Å²) in [6.07, 6.45) is 2.98. The fourth-order valence-electron chi connectivity index (χ4n) is 1.85. The fraction of sp³-hybridized carbons (Fsp3) is 0.143. The van der Waals surface area contributed by atoms with Gasteiger partial charge in [-0.1, -0.05) is 12.1 Å². The van der Waals surface area contributed by atoms with Crippen molar-refractivity contribution in [3.05, 3.63) is 50.1 Å². The number of aromatic nitrogens is 2. The molecule has 9 heteroatoms. The molecule has 0 aliphatic rings. The molecule has 0 saturated heterocycles. The molecule has 0 saturated carbocycles. The summed E-state index contributed by atoms with van der Waals surface area (Å²) in [7, 11) is 3.01. The summed E-state index contributed by atoms with van der Waals surface area (Å²) < 4.78 is 10.3. The van der Waals surface area contributed by atoms with Crippen LogP contribution in [0.2, 0.25) is 0 Å². The minimum Gasteiger partial charge on any atom is -0.493 e. The van der Waals surface area contributed by atoms with E-state index in [4.69, 9.17) is 9.47 Å². The van der Waals surface area contributed by atoms with Crippen molar-refractivity contribution in [1.82, 2.24) is 9.97 Å². The SMILES string of the molecule is COc1ccc(/C=C\c2nc(O)c([N+](=O)[O-])c(=O)[nH]2)cc1OC. The van der Waals surface area contributed by atoms with E-state index in [1.807, 2.05) is 0 Å². The van der Waals surface area contributed by atoms with Gasteiger partial charge >= 0.3 is 11.2 Å². The highest BCUT2D eigenvalue weighted by atomic mass is 16.6. The molecule has 0 aliphatic heterocycles. The number of hydrogen-bond acceptors (Lipinski definition) is 7. The number of nitro groups is 1. The molecule has 120 valence electrons. The molecule has 0 bridgehead atoms. The van der Waals surface area contributed by atoms with Gasteiger partial charge in [-0.15, -0.1) is 0 Å². The lowest BCUT2D eigenvalue weighted by molar-refractivity contribution is -0.387. The largest absolute Gasteiger partial charge is 0.493 e. The van der Waals surface area contributed by atoms with Gasteiger partial charge < -0.3 is 19.6 Å². The molecule has 0 unspecified atom stereocenters. The molecule has 2 N–H and O–H groups in total. The van der Waals surface area contributed by atoms with Crippen molar-refractivity contribution < 1.29 is 19.5 Å². The van der Waals surface area contributed by atoms with Gasteiger partial charge in [0.1, 0.15) is 5.82 Å². The lowest BCUT2D eigenvalue weighted by Gasteiger charge is -2.07. The Balaban J connectivity index is 2.34. The van der Waals surface area contributed by atoms with Crippen LogP contribution in [0.15, 0.2) is 23.0 Å². The summed E-state index contributed by atoms with van der Waals surface area (Å²) in [4.78, 5) is 26.9. The van der Waals surface area contributed by atoms with Gasteiger partial charge in [-0.25, -0.2) is 0 Å². The Labute approximate surface area is 130 Å². The van der Waals surface area contributed by atoms with Crippen LogP contribution in [0.1, 0.15) is 11.4 Å². The zero-order valence-corrected chi connectivity index (χ0v) is 12.3. The Morgan fingerprint density at radius 3 is 2.52 bits per heavy atom. The van der Waals surface area contributed by atoms with Crippen LogP contribution in [0.4, 0.5) is 5.69 Å². The maximum absolute atomic E-state index is 11.5. The van der Waals surface area contributed by atoms with Gasteiger partial charge in [0.2, 0.25) is 0 Å². The number of ether oxygens (including phenoxy) is 2. The van der Waals surface area contributed by atoms with E-state index in [2.05, 4.69) is 9.97 Å². The lowest BCUT2D eigenvalue weighted by Crippen LogP contribution is -2.14. The molecule has 1 heterocycles. The van der Waals surface area contributed by atoms with E-state index in [1.54, 1.807) is 24.3 Å². The van der Waals surface area contributed by atoms with Gasteiger partial charge in [0, 0.05) is 0 Å². The molecule has 0 spiro atoms. The van der Waals surface area contributed by atoms with Crippen LogP contribution in [-0.2, 0) is 0 Å². The monoisotopic (exact) mass is 319 g/mol. The van der Waals surface area contributed by atoms with Crippen molar-refractivity contribution in [1.29, 1.82) is 0 Å². The van der Waals surface area contributed by atoms with Crippen LogP contribution in [0.25, 0.3) is 12.2 Å². The molecule has 1 aromatic heterocycles. The topological polar surface area (TPSA) is 128 Å². The van der Waals surface area contributed by atoms with Gasteiger partial charge in [0.05, 0.1) is 19.1 Å². The van der Waals surface area contributed by atoms with Gasteiger partial charge in [0.25, 0.3) is 5.88 Å². The zero-order chi connectivity index (χ0) is 17.0. The number of benzene rings is 1. The molecule has 9 nitrogen and oxygen atoms in total. The van der Waals surface area contributed by atoms with Crippen molar-refractivity contribution in [2.75, 3.05) is 14.2 Å². The Morgan fingerprint density at radius 1 is 1.26 bits per heavy atom. The maximum atomic E-state index is 11.5. The summed E-state index contributed by atoms with van der Waals surface area (Å²) in [5.41, 5.74) is -1.31. The first-order chi connectivity index (χ1) is 11.0. The van der Waals surface area contributed by atoms with Crippen LogP contribution >= 0.6 is 0 Å². The van der Waals surface area contributed by atoms with E-state index < -0.39 is 22.0 Å². The van der Waals surface area contributed by atoms with Crippen LogP contribution in [-0.4, -0.2) is 34.2 Å². The van der Waals surface area contributed by atoms with E-state index in [0.29, 0.717) is 17.1 Å². The highest BCUT2D eigenvalue weighted by Gasteiger charge is 2.21. The number of aromatic hydroxyl groups is 1. The summed E-state index contributed by atoms with van der Waals surface area (Å²) >= 11 is 0. The average molecular weight is 319 g/mol. The van der Waals surface area contributed by atoms with E-state index in [1.165, 1.54) is 20.3 Å². The molecule has 2 rings (SSSR count). The van der Waals surface area contributed by atoms with Crippen LogP contribution in [0.3, 0.4) is 0 Å². The molecule has 0 amide bonds. The van der Waals surface area contributed by atoms with Gasteiger partial charge in [-0.2, -0.15) is 4.98 Å². The predicted octanol–water partition coefficient (Wildman–Crippen LogP) is 1.57. The lowest BCUT2D eigenvalue weighted by atomic mass is 10.2. The molecule has 0 fully saturated rings. The average Bonchev–Trinajstić information content (AvgIpc) is 2.51. The Kier molecular flexibility index (Phi) is 4.60. The number of methoxy groups -OCH3 is 2. The first-order valence-electron chi connectivity index (χ1n) is 6.34. The number of aromatic amines is 1. The van der Waals surface area contributed by atoms with Gasteiger partial charge in [-0.05, 0) is 23.8 Å². The van der Waals surface area contributed by atoms with Gasteiger partial charge in [0.15, 0.2) is 11.5 Å². The fourth-order valence-corrected chi connectivity index (χ4v) is 1.85. The van der Waals surface area contributed by atoms with Crippen molar-refractivity contribution in [2.24, 2.45) is 0 Å². The van der Waals surface area contributed by atoms with Crippen LogP contribution < -0.4 is 15.0 Å². The summed E-state index contributed by atoms with van der Waals surface area (Å²) in [5, 5.41) is 20.1. The third kappa shape index (κ3) is 3.46. The molecule has 0 aliphatic carbocycles. The first-order valence-corrected chi connectivity index (χ1v) is 6.34. The van der Waals surface area contributed by atoms with Gasteiger partial charge in [-0.3, -0.25) is 14.9 Å². The second kappa shape index (κ2) is 6.60. The standard InChI is InChI=1S/C14H13N3O6/c1-22-9-5-3-8(7-10(9)23-2)4-6-11-15-13(18)12(17(20)21)14(19)16-11/h3-7H,1-2H3,(H2,15,16,18,19)/b6-4-. The number of hydrogen-bond donors (Lipinski definition) is 2. The summed E-state index contributed by atoms with van der Waals surface area (Å²) in [5.74, 6) is 0.116. The predicted molar refractivity (Wildman–Crippen MR) is 81.7 cm³/mol. The Hall–Kier alpha value is -3.36. The quantitative estimate of drug-likeness (QED) is 0.632. The molecule has 0 radical (unpaired) electrons. The zero-order valence-electron chi connectivity index (χ0n) is 12.3. The van der Waals surface area contributed by atoms with Crippen molar-refractivity contribution in [3.63, 3.8) is 0 Å². The number of rotatable bonds is 5. The smallest absolute Gasteiger partial charge is 0.395 e. The minimum atomic E-state index is -1.03. The van der Waals surface area contributed by atoms with Crippen molar-refractivity contribution in [2.45, 2.75) is 0 Å². The minimum absolute atomic E-state index is 0.0205. The first kappa shape index (κ1) is 16.0. The second-order valence-electron chi connectivity index (χ2n) is 4.33. The van der Waals surface area contributed by atoms with E-state index in [-0.39, 0.29) is 5.82 Å². The number of H-pyrrole nitrogens is 1. The van der Waals surface area contributed by atoms with E-state index in [0.717, 1.165) is 0 Å². The normalized spacial score (nSPS) is 10.7. The molecule has 2 aromatic rings. The number of nitrogens with zero attached hydrogens (tertiary/aromatic N) is 2. The molecule has 1 aromatic carbocycles. The van der Waals surface area contributed by atoms with Crippen LogP contribution in [0.5, 0.6) is 17.4 Å². The molecular weight excluding hydrogens is 306 g/mol. The molecule has 0 atom stereocenters. The third-order valence-corrected chi connectivity index (χ3v) is 2.92. The van der Waals surface area contributed by atoms with Crippen molar-refractivity contribution in [3.8, 4) is 17.4 Å². The highest BCUT2D eigenvalue weighted by molar-refractivity contribution is 5.68. The Morgan fingerprint density at radius 2 is 1.96 bits per heavy atom. The highest BCUT2D eigenvalue weighted by Crippen LogP contribution is 2.28. The Bertz CT molecular complexity index is 828. The third-order valence-electron chi connectivity index (χ3n) is 2.92. The van der Waals surface area contributed by atoms with E-state index in [9.17, 15) is 20.0 Å². The number of nitrogens with one attached hydrogen (secondary N) is 1. The summed E-state index contributed by atoms with van der Waals surface area (Å²) in [6.45, 7) is 0. The maximum Gasteiger partial charge on any atom is 0.395 e. The second-order valence-corrected chi connectivity index (χ2v) is 4.33. The van der Waals surface area contributed by atoms with Crippen LogP contribution in [0, 0.1) is 10.1 Å². The molecular formula is C14H13N3O6.